The van der Waals surface area contributed by atoms with E-state index in [-0.39, 0.29) is 12.2 Å². The first-order chi connectivity index (χ1) is 14.1. The Labute approximate surface area is 173 Å². The zero-order valence-electron chi connectivity index (χ0n) is 16.0. The Morgan fingerprint density at radius 1 is 1.38 bits per heavy atom. The SMILES string of the molecule is CCN1CCC[C@@H](Nc2nnc(-c3ccc(Cl)cc3O)c3cncn23)C1.O=CO. The Morgan fingerprint density at radius 3 is 2.90 bits per heavy atom. The zero-order chi connectivity index (χ0) is 20.8. The highest BCUT2D eigenvalue weighted by molar-refractivity contribution is 6.30. The van der Waals surface area contributed by atoms with Gasteiger partial charge in [-0.05, 0) is 44.1 Å². The van der Waals surface area contributed by atoms with Crippen molar-refractivity contribution in [2.75, 3.05) is 25.0 Å². The fourth-order valence-electron chi connectivity index (χ4n) is 3.47. The molecule has 1 saturated heterocycles. The van der Waals surface area contributed by atoms with Crippen LogP contribution in [0.3, 0.4) is 0 Å². The molecule has 1 aromatic carbocycles. The van der Waals surface area contributed by atoms with E-state index in [9.17, 15) is 5.11 Å². The Hall–Kier alpha value is -2.91. The van der Waals surface area contributed by atoms with E-state index in [2.05, 4.69) is 32.3 Å². The van der Waals surface area contributed by atoms with Crippen molar-refractivity contribution in [2.45, 2.75) is 25.8 Å². The van der Waals surface area contributed by atoms with Gasteiger partial charge in [-0.3, -0.25) is 9.20 Å². The lowest BCUT2D eigenvalue weighted by Gasteiger charge is -2.32. The summed E-state index contributed by atoms with van der Waals surface area (Å²) in [4.78, 5) is 15.0. The number of carbonyl (C=O) groups is 1. The van der Waals surface area contributed by atoms with Crippen LogP contribution in [0.2, 0.25) is 5.02 Å². The highest BCUT2D eigenvalue weighted by Gasteiger charge is 2.21. The van der Waals surface area contributed by atoms with Gasteiger partial charge in [-0.25, -0.2) is 4.98 Å². The highest BCUT2D eigenvalue weighted by Crippen LogP contribution is 2.33. The highest BCUT2D eigenvalue weighted by atomic mass is 35.5. The van der Waals surface area contributed by atoms with Gasteiger partial charge in [-0.1, -0.05) is 18.5 Å². The molecule has 2 aromatic heterocycles. The van der Waals surface area contributed by atoms with Gasteiger partial charge in [0.15, 0.2) is 0 Å². The molecule has 3 aromatic rings. The lowest BCUT2D eigenvalue weighted by Crippen LogP contribution is -2.42. The second-order valence-corrected chi connectivity index (χ2v) is 7.10. The third kappa shape index (κ3) is 4.75. The number of anilines is 1. The minimum absolute atomic E-state index is 0.0708. The number of halogens is 1. The molecular formula is C19H23ClN6O3. The summed E-state index contributed by atoms with van der Waals surface area (Å²) in [6.07, 6.45) is 5.71. The van der Waals surface area contributed by atoms with Crippen LogP contribution in [-0.2, 0) is 4.79 Å². The molecule has 29 heavy (non-hydrogen) atoms. The minimum Gasteiger partial charge on any atom is -0.507 e. The van der Waals surface area contributed by atoms with Crippen LogP contribution in [0.15, 0.2) is 30.7 Å². The van der Waals surface area contributed by atoms with Gasteiger partial charge in [0.2, 0.25) is 5.95 Å². The number of rotatable bonds is 4. The summed E-state index contributed by atoms with van der Waals surface area (Å²) in [6.45, 7) is 5.13. The number of likely N-dealkylation sites (tertiary alicyclic amines) is 1. The predicted octanol–water partition coefficient (Wildman–Crippen LogP) is 2.75. The van der Waals surface area contributed by atoms with Crippen LogP contribution in [-0.4, -0.2) is 66.8 Å². The number of hydrogen-bond donors (Lipinski definition) is 3. The van der Waals surface area contributed by atoms with Gasteiger partial charge in [0.25, 0.3) is 6.47 Å². The summed E-state index contributed by atoms with van der Waals surface area (Å²) in [6, 6.07) is 5.29. The van der Waals surface area contributed by atoms with E-state index in [4.69, 9.17) is 21.5 Å². The van der Waals surface area contributed by atoms with Crippen LogP contribution in [0, 0.1) is 0 Å². The Bertz CT molecular complexity index is 980. The maximum atomic E-state index is 10.2. The Morgan fingerprint density at radius 2 is 2.17 bits per heavy atom. The number of nitrogens with one attached hydrogen (secondary N) is 1. The number of piperidine rings is 1. The molecule has 3 heterocycles. The molecule has 3 N–H and O–H groups in total. The predicted molar refractivity (Wildman–Crippen MR) is 110 cm³/mol. The number of phenolic OH excluding ortho intramolecular Hbond substituents is 1. The largest absolute Gasteiger partial charge is 0.507 e. The van der Waals surface area contributed by atoms with Crippen molar-refractivity contribution in [1.29, 1.82) is 0 Å². The second kappa shape index (κ2) is 9.53. The smallest absolute Gasteiger partial charge is 0.290 e. The number of phenols is 1. The average molecular weight is 419 g/mol. The number of carboxylic acid groups (broad SMARTS) is 1. The molecule has 0 radical (unpaired) electrons. The third-order valence-electron chi connectivity index (χ3n) is 4.85. The quantitative estimate of drug-likeness (QED) is 0.554. The molecule has 10 heteroatoms. The molecule has 4 rings (SSSR count). The van der Waals surface area contributed by atoms with E-state index >= 15 is 0 Å². The summed E-state index contributed by atoms with van der Waals surface area (Å²) >= 11 is 5.93. The van der Waals surface area contributed by atoms with Gasteiger partial charge in [0.05, 0.1) is 11.7 Å². The van der Waals surface area contributed by atoms with Gasteiger partial charge >= 0.3 is 0 Å². The first-order valence-corrected chi connectivity index (χ1v) is 9.69. The van der Waals surface area contributed by atoms with Crippen LogP contribution < -0.4 is 5.32 Å². The summed E-state index contributed by atoms with van der Waals surface area (Å²) in [5.41, 5.74) is 1.93. The van der Waals surface area contributed by atoms with Crippen LogP contribution in [0.25, 0.3) is 16.8 Å². The molecule has 1 aliphatic rings. The van der Waals surface area contributed by atoms with E-state index in [1.807, 2.05) is 4.40 Å². The number of benzene rings is 1. The van der Waals surface area contributed by atoms with Gasteiger partial charge < -0.3 is 20.4 Å². The molecular weight excluding hydrogens is 396 g/mol. The number of aromatic hydroxyl groups is 1. The molecule has 1 aliphatic heterocycles. The second-order valence-electron chi connectivity index (χ2n) is 6.66. The van der Waals surface area contributed by atoms with Crippen molar-refractivity contribution >= 4 is 29.5 Å². The number of likely N-dealkylation sites (N-methyl/N-ethyl adjacent to an activating group) is 1. The molecule has 0 saturated carbocycles. The molecule has 1 fully saturated rings. The number of fused-ring (bicyclic) bond motifs is 1. The normalized spacial score (nSPS) is 16.8. The maximum absolute atomic E-state index is 10.2. The van der Waals surface area contributed by atoms with E-state index < -0.39 is 0 Å². The molecule has 154 valence electrons. The summed E-state index contributed by atoms with van der Waals surface area (Å²) in [5, 5.41) is 29.8. The minimum atomic E-state index is -0.250. The van der Waals surface area contributed by atoms with E-state index in [0.29, 0.717) is 28.3 Å². The van der Waals surface area contributed by atoms with Crippen molar-refractivity contribution in [1.82, 2.24) is 24.5 Å². The Kier molecular flexibility index (Phi) is 6.84. The van der Waals surface area contributed by atoms with E-state index in [0.717, 1.165) is 31.6 Å². The number of hydrogen-bond acceptors (Lipinski definition) is 7. The summed E-state index contributed by atoms with van der Waals surface area (Å²) in [7, 11) is 0. The zero-order valence-corrected chi connectivity index (χ0v) is 16.7. The molecule has 9 nitrogen and oxygen atoms in total. The molecule has 0 bridgehead atoms. The number of imidazole rings is 1. The van der Waals surface area contributed by atoms with Gasteiger partial charge in [-0.2, -0.15) is 0 Å². The summed E-state index contributed by atoms with van der Waals surface area (Å²) < 4.78 is 1.88. The van der Waals surface area contributed by atoms with Crippen LogP contribution in [0.1, 0.15) is 19.8 Å². The molecule has 0 spiro atoms. The monoisotopic (exact) mass is 418 g/mol. The van der Waals surface area contributed by atoms with Gasteiger partial charge in [0, 0.05) is 23.2 Å². The van der Waals surface area contributed by atoms with Crippen LogP contribution in [0.5, 0.6) is 5.75 Å². The third-order valence-corrected chi connectivity index (χ3v) is 5.09. The summed E-state index contributed by atoms with van der Waals surface area (Å²) in [5.74, 6) is 0.735. The number of nitrogens with zero attached hydrogens (tertiary/aromatic N) is 5. The standard InChI is InChI=1S/C18H21ClN6O.CH2O2/c1-2-24-7-3-4-13(10-24)21-18-23-22-17(15-9-20-11-25(15)18)14-6-5-12(19)8-16(14)26;2-1-3/h5-6,8-9,11,13,26H,2-4,7,10H2,1H3,(H,21,23);1H,(H,2,3)/t13-;/m1./s1. The molecule has 0 aliphatic carbocycles. The fourth-order valence-corrected chi connectivity index (χ4v) is 3.64. The molecule has 1 atom stereocenters. The lowest BCUT2D eigenvalue weighted by atomic mass is 10.1. The van der Waals surface area contributed by atoms with Gasteiger partial charge in [-0.15, -0.1) is 10.2 Å². The van der Waals surface area contributed by atoms with Crippen molar-refractivity contribution < 1.29 is 15.0 Å². The van der Waals surface area contributed by atoms with Crippen LogP contribution >= 0.6 is 11.6 Å². The first-order valence-electron chi connectivity index (χ1n) is 9.31. The average Bonchev–Trinajstić information content (AvgIpc) is 3.20. The van der Waals surface area contributed by atoms with Crippen molar-refractivity contribution in [3.8, 4) is 17.0 Å². The van der Waals surface area contributed by atoms with Crippen molar-refractivity contribution in [2.24, 2.45) is 0 Å². The van der Waals surface area contributed by atoms with Crippen LogP contribution in [0.4, 0.5) is 5.95 Å². The topological polar surface area (TPSA) is 116 Å². The first kappa shape index (κ1) is 20.8. The molecule has 0 unspecified atom stereocenters. The van der Waals surface area contributed by atoms with E-state index in [1.165, 1.54) is 12.5 Å². The Balaban J connectivity index is 0.000000755. The fraction of sp³-hybridized carbons (Fsp3) is 0.368. The van der Waals surface area contributed by atoms with Gasteiger partial charge in [0.1, 0.15) is 17.8 Å². The lowest BCUT2D eigenvalue weighted by molar-refractivity contribution is -0.122. The van der Waals surface area contributed by atoms with Crippen molar-refractivity contribution in [3.05, 3.63) is 35.7 Å². The molecule has 0 amide bonds. The maximum Gasteiger partial charge on any atom is 0.290 e. The number of aromatic nitrogens is 4. The van der Waals surface area contributed by atoms with Crippen molar-refractivity contribution in [3.63, 3.8) is 0 Å². The van der Waals surface area contributed by atoms with E-state index in [1.54, 1.807) is 24.7 Å².